The van der Waals surface area contributed by atoms with Crippen molar-refractivity contribution in [3.8, 4) is 0 Å². The number of aliphatic imine (C=N–C) groups is 1. The molecule has 4 rings (SSSR count). The standard InChI is InChI=1S/C24H18F3N3O2/c25-24(26,27)18-11-5-6-12-19(18)29-21(31)15-30-20-13-7-4-10-17(20)23(28-14-22(30)32)16-8-2-1-3-9-16/h1-13H,14-15H2,(H,29,31). The maximum absolute atomic E-state index is 13.2. The molecule has 162 valence electrons. The van der Waals surface area contributed by atoms with E-state index >= 15 is 0 Å². The molecule has 0 fully saturated rings. The van der Waals surface area contributed by atoms with Crippen molar-refractivity contribution < 1.29 is 22.8 Å². The fraction of sp³-hybridized carbons (Fsp3) is 0.125. The molecule has 1 aliphatic rings. The first-order valence-electron chi connectivity index (χ1n) is 9.80. The highest BCUT2D eigenvalue weighted by atomic mass is 19.4. The van der Waals surface area contributed by atoms with E-state index in [1.165, 1.54) is 23.1 Å². The topological polar surface area (TPSA) is 61.8 Å². The van der Waals surface area contributed by atoms with Crippen molar-refractivity contribution in [2.75, 3.05) is 23.3 Å². The molecule has 5 nitrogen and oxygen atoms in total. The lowest BCUT2D eigenvalue weighted by Gasteiger charge is -2.23. The summed E-state index contributed by atoms with van der Waals surface area (Å²) in [5.74, 6) is -1.17. The Kier molecular flexibility index (Phi) is 5.77. The summed E-state index contributed by atoms with van der Waals surface area (Å²) in [5.41, 5.74) is 1.25. The van der Waals surface area contributed by atoms with E-state index in [1.54, 1.807) is 24.3 Å². The van der Waals surface area contributed by atoms with Crippen LogP contribution in [0, 0.1) is 0 Å². The number of anilines is 2. The lowest BCUT2D eigenvalue weighted by molar-refractivity contribution is -0.137. The number of fused-ring (bicyclic) bond motifs is 1. The fourth-order valence-electron chi connectivity index (χ4n) is 3.55. The highest BCUT2D eigenvalue weighted by Gasteiger charge is 2.34. The molecule has 8 heteroatoms. The summed E-state index contributed by atoms with van der Waals surface area (Å²) in [6, 6.07) is 21.0. The average Bonchev–Trinajstić information content (AvgIpc) is 2.91. The number of carbonyl (C=O) groups excluding carboxylic acids is 2. The monoisotopic (exact) mass is 437 g/mol. The van der Waals surface area contributed by atoms with Crippen molar-refractivity contribution in [2.45, 2.75) is 6.18 Å². The van der Waals surface area contributed by atoms with E-state index in [0.29, 0.717) is 17.0 Å². The van der Waals surface area contributed by atoms with Crippen LogP contribution in [0.15, 0.2) is 83.9 Å². The molecule has 0 atom stereocenters. The number of hydrogen-bond acceptors (Lipinski definition) is 3. The van der Waals surface area contributed by atoms with Crippen molar-refractivity contribution in [1.82, 2.24) is 0 Å². The van der Waals surface area contributed by atoms with E-state index in [0.717, 1.165) is 11.6 Å². The Hall–Kier alpha value is -3.94. The zero-order valence-electron chi connectivity index (χ0n) is 16.8. The third-order valence-electron chi connectivity index (χ3n) is 4.98. The Morgan fingerprint density at radius 2 is 1.59 bits per heavy atom. The summed E-state index contributed by atoms with van der Waals surface area (Å²) < 4.78 is 39.7. The zero-order valence-corrected chi connectivity index (χ0v) is 16.8. The number of rotatable bonds is 4. The van der Waals surface area contributed by atoms with Crippen LogP contribution in [0.5, 0.6) is 0 Å². The van der Waals surface area contributed by atoms with Gasteiger partial charge in [-0.3, -0.25) is 14.6 Å². The molecule has 1 N–H and O–H groups in total. The molecule has 0 aromatic heterocycles. The number of benzodiazepines with no additional fused rings is 1. The van der Waals surface area contributed by atoms with Gasteiger partial charge in [0.05, 0.1) is 22.6 Å². The molecule has 2 amide bonds. The van der Waals surface area contributed by atoms with Crippen molar-refractivity contribution in [3.05, 3.63) is 95.6 Å². The molecule has 0 radical (unpaired) electrons. The second kappa shape index (κ2) is 8.66. The van der Waals surface area contributed by atoms with Gasteiger partial charge in [-0.25, -0.2) is 0 Å². The molecule has 0 spiro atoms. The Balaban J connectivity index is 1.63. The second-order valence-corrected chi connectivity index (χ2v) is 7.12. The first kappa shape index (κ1) is 21.3. The van der Waals surface area contributed by atoms with Gasteiger partial charge in [0.2, 0.25) is 11.8 Å². The van der Waals surface area contributed by atoms with Crippen LogP contribution in [0.1, 0.15) is 16.7 Å². The third-order valence-corrected chi connectivity index (χ3v) is 4.98. The van der Waals surface area contributed by atoms with Gasteiger partial charge in [0.15, 0.2) is 0 Å². The maximum Gasteiger partial charge on any atom is 0.418 e. The third kappa shape index (κ3) is 4.39. The van der Waals surface area contributed by atoms with Crippen LogP contribution >= 0.6 is 0 Å². The van der Waals surface area contributed by atoms with Gasteiger partial charge in [-0.15, -0.1) is 0 Å². The number of nitrogens with one attached hydrogen (secondary N) is 1. The van der Waals surface area contributed by atoms with Crippen LogP contribution in [0.25, 0.3) is 0 Å². The van der Waals surface area contributed by atoms with Crippen molar-refractivity contribution in [2.24, 2.45) is 4.99 Å². The predicted octanol–water partition coefficient (Wildman–Crippen LogP) is 4.53. The molecule has 3 aromatic rings. The van der Waals surface area contributed by atoms with Gasteiger partial charge in [0.1, 0.15) is 13.1 Å². The van der Waals surface area contributed by atoms with Crippen LogP contribution in [-0.4, -0.2) is 30.6 Å². The Morgan fingerprint density at radius 1 is 0.938 bits per heavy atom. The van der Waals surface area contributed by atoms with E-state index < -0.39 is 30.1 Å². The maximum atomic E-state index is 13.2. The Labute approximate surface area is 182 Å². The molecule has 0 saturated carbocycles. The number of hydrogen-bond donors (Lipinski definition) is 1. The molecule has 0 aliphatic carbocycles. The number of alkyl halides is 3. The molecule has 32 heavy (non-hydrogen) atoms. The van der Waals surface area contributed by atoms with Crippen molar-refractivity contribution in [3.63, 3.8) is 0 Å². The summed E-state index contributed by atoms with van der Waals surface area (Å²) in [7, 11) is 0. The molecule has 0 unspecified atom stereocenters. The van der Waals surface area contributed by atoms with Gasteiger partial charge < -0.3 is 10.2 Å². The van der Waals surface area contributed by atoms with E-state index in [9.17, 15) is 22.8 Å². The number of benzene rings is 3. The largest absolute Gasteiger partial charge is 0.418 e. The van der Waals surface area contributed by atoms with Crippen LogP contribution in [0.3, 0.4) is 0 Å². The van der Waals surface area contributed by atoms with Gasteiger partial charge in [-0.1, -0.05) is 60.7 Å². The lowest BCUT2D eigenvalue weighted by Crippen LogP contribution is -2.39. The molecule has 0 saturated heterocycles. The summed E-state index contributed by atoms with van der Waals surface area (Å²) in [4.78, 5) is 31.2. The first-order valence-corrected chi connectivity index (χ1v) is 9.80. The number of halogens is 3. The van der Waals surface area contributed by atoms with Gasteiger partial charge in [-0.05, 0) is 18.2 Å². The van der Waals surface area contributed by atoms with Gasteiger partial charge >= 0.3 is 6.18 Å². The normalized spacial score (nSPS) is 13.8. The number of nitrogens with zero attached hydrogens (tertiary/aromatic N) is 2. The quantitative estimate of drug-likeness (QED) is 0.652. The number of carbonyl (C=O) groups is 2. The minimum atomic E-state index is -4.62. The van der Waals surface area contributed by atoms with Crippen LogP contribution in [-0.2, 0) is 15.8 Å². The van der Waals surface area contributed by atoms with E-state index in [-0.39, 0.29) is 12.2 Å². The first-order chi connectivity index (χ1) is 15.3. The Morgan fingerprint density at radius 3 is 2.34 bits per heavy atom. The minimum absolute atomic E-state index is 0.189. The number of para-hydroxylation sites is 2. The zero-order chi connectivity index (χ0) is 22.7. The summed E-state index contributed by atoms with van der Waals surface area (Å²) in [6.45, 7) is -0.634. The summed E-state index contributed by atoms with van der Waals surface area (Å²) in [5, 5.41) is 2.29. The molecule has 1 aliphatic heterocycles. The lowest BCUT2D eigenvalue weighted by atomic mass is 10.0. The minimum Gasteiger partial charge on any atom is -0.324 e. The highest BCUT2D eigenvalue weighted by Crippen LogP contribution is 2.34. The predicted molar refractivity (Wildman–Crippen MR) is 116 cm³/mol. The smallest absolute Gasteiger partial charge is 0.324 e. The molecule has 0 bridgehead atoms. The van der Waals surface area contributed by atoms with Gasteiger partial charge in [0, 0.05) is 11.1 Å². The summed E-state index contributed by atoms with van der Waals surface area (Å²) in [6.07, 6.45) is -4.62. The van der Waals surface area contributed by atoms with E-state index in [2.05, 4.69) is 10.3 Å². The van der Waals surface area contributed by atoms with E-state index in [4.69, 9.17) is 0 Å². The molecular weight excluding hydrogens is 419 g/mol. The molecular formula is C24H18F3N3O2. The SMILES string of the molecule is O=C(CN1C(=O)CN=C(c2ccccc2)c2ccccc21)Nc1ccccc1C(F)(F)F. The number of amides is 2. The second-order valence-electron chi connectivity index (χ2n) is 7.12. The van der Waals surface area contributed by atoms with Crippen LogP contribution < -0.4 is 10.2 Å². The van der Waals surface area contributed by atoms with Crippen molar-refractivity contribution in [1.29, 1.82) is 0 Å². The van der Waals surface area contributed by atoms with Crippen molar-refractivity contribution >= 4 is 28.9 Å². The van der Waals surface area contributed by atoms with Gasteiger partial charge in [0.25, 0.3) is 0 Å². The average molecular weight is 437 g/mol. The van der Waals surface area contributed by atoms with E-state index in [1.807, 2.05) is 30.3 Å². The molecule has 1 heterocycles. The van der Waals surface area contributed by atoms with Gasteiger partial charge in [-0.2, -0.15) is 13.2 Å². The Bertz CT molecular complexity index is 1190. The highest BCUT2D eigenvalue weighted by molar-refractivity contribution is 6.20. The van der Waals surface area contributed by atoms with Crippen LogP contribution in [0.4, 0.5) is 24.5 Å². The fourth-order valence-corrected chi connectivity index (χ4v) is 3.55. The van der Waals surface area contributed by atoms with Crippen LogP contribution in [0.2, 0.25) is 0 Å². The summed E-state index contributed by atoms with van der Waals surface area (Å²) >= 11 is 0. The molecule has 3 aromatic carbocycles.